The molecule has 2 aromatic carbocycles. The molecule has 8 nitrogen and oxygen atoms in total. The largest absolute Gasteiger partial charge is 0.394 e. The monoisotopic (exact) mass is 418 g/mol. The van der Waals surface area contributed by atoms with E-state index in [1.807, 2.05) is 36.4 Å². The van der Waals surface area contributed by atoms with Crippen LogP contribution in [-0.4, -0.2) is 75.7 Å². The number of rotatable bonds is 12. The van der Waals surface area contributed by atoms with Gasteiger partial charge in [-0.1, -0.05) is 36.4 Å². The van der Waals surface area contributed by atoms with E-state index in [0.29, 0.717) is 12.8 Å². The molecule has 0 aliphatic carbocycles. The van der Waals surface area contributed by atoms with E-state index < -0.39 is 25.4 Å². The first-order valence-electron chi connectivity index (χ1n) is 9.99. The molecule has 0 saturated heterocycles. The number of carbonyl (C=O) groups is 2. The SMILES string of the molecule is NC(=O)CCc1ccc(CCC(=O)N(CC(O)CO)CC(O)CO)c2ccccc12. The molecule has 164 valence electrons. The Kier molecular flexibility index (Phi) is 9.19. The van der Waals surface area contributed by atoms with Crippen molar-refractivity contribution in [1.29, 1.82) is 0 Å². The average Bonchev–Trinajstić information content (AvgIpc) is 2.75. The third-order valence-corrected chi connectivity index (χ3v) is 4.99. The lowest BCUT2D eigenvalue weighted by Gasteiger charge is -2.26. The fourth-order valence-corrected chi connectivity index (χ4v) is 3.42. The molecule has 0 bridgehead atoms. The summed E-state index contributed by atoms with van der Waals surface area (Å²) in [5.41, 5.74) is 7.24. The maximum Gasteiger partial charge on any atom is 0.223 e. The van der Waals surface area contributed by atoms with Gasteiger partial charge in [-0.2, -0.15) is 0 Å². The normalized spacial score (nSPS) is 13.2. The van der Waals surface area contributed by atoms with Crippen molar-refractivity contribution in [2.45, 2.75) is 37.9 Å². The zero-order valence-electron chi connectivity index (χ0n) is 16.9. The van der Waals surface area contributed by atoms with E-state index in [1.54, 1.807) is 0 Å². The van der Waals surface area contributed by atoms with Crippen LogP contribution in [0.2, 0.25) is 0 Å². The maximum atomic E-state index is 12.7. The summed E-state index contributed by atoms with van der Waals surface area (Å²) in [6, 6.07) is 11.6. The maximum absolute atomic E-state index is 12.7. The number of fused-ring (bicyclic) bond motifs is 1. The molecule has 30 heavy (non-hydrogen) atoms. The van der Waals surface area contributed by atoms with Gasteiger partial charge < -0.3 is 31.1 Å². The Bertz CT molecular complexity index is 845. The second-order valence-electron chi connectivity index (χ2n) is 7.37. The molecule has 2 amide bonds. The molecule has 6 N–H and O–H groups in total. The van der Waals surface area contributed by atoms with Gasteiger partial charge in [0.05, 0.1) is 25.4 Å². The highest BCUT2D eigenvalue weighted by Gasteiger charge is 2.20. The van der Waals surface area contributed by atoms with Gasteiger partial charge in [-0.3, -0.25) is 9.59 Å². The Morgan fingerprint density at radius 2 is 1.30 bits per heavy atom. The Labute approximate surface area is 175 Å². The first-order valence-corrected chi connectivity index (χ1v) is 9.99. The molecule has 0 aliphatic rings. The third-order valence-electron chi connectivity index (χ3n) is 4.99. The van der Waals surface area contributed by atoms with E-state index in [9.17, 15) is 19.8 Å². The van der Waals surface area contributed by atoms with Crippen LogP contribution in [0.5, 0.6) is 0 Å². The van der Waals surface area contributed by atoms with Gasteiger partial charge in [-0.25, -0.2) is 0 Å². The molecule has 8 heteroatoms. The number of benzene rings is 2. The number of primary amides is 1. The van der Waals surface area contributed by atoms with E-state index in [1.165, 1.54) is 4.90 Å². The zero-order chi connectivity index (χ0) is 22.1. The molecule has 2 aromatic rings. The minimum atomic E-state index is -1.12. The van der Waals surface area contributed by atoms with Crippen molar-refractivity contribution in [3.8, 4) is 0 Å². The number of aliphatic hydroxyl groups is 4. The zero-order valence-corrected chi connectivity index (χ0v) is 16.9. The number of hydrogen-bond acceptors (Lipinski definition) is 6. The summed E-state index contributed by atoms with van der Waals surface area (Å²) in [4.78, 5) is 25.1. The fraction of sp³-hybridized carbons (Fsp3) is 0.455. The molecule has 0 radical (unpaired) electrons. The summed E-state index contributed by atoms with van der Waals surface area (Å²) in [5, 5.41) is 39.5. The second-order valence-corrected chi connectivity index (χ2v) is 7.37. The van der Waals surface area contributed by atoms with Crippen LogP contribution in [-0.2, 0) is 22.4 Å². The van der Waals surface area contributed by atoms with Crippen LogP contribution in [0.1, 0.15) is 24.0 Å². The van der Waals surface area contributed by atoms with Crippen molar-refractivity contribution in [1.82, 2.24) is 4.90 Å². The quantitative estimate of drug-likeness (QED) is 0.321. The topological polar surface area (TPSA) is 144 Å². The lowest BCUT2D eigenvalue weighted by Crippen LogP contribution is -2.44. The smallest absolute Gasteiger partial charge is 0.223 e. The lowest BCUT2D eigenvalue weighted by atomic mass is 9.94. The molecule has 0 aliphatic heterocycles. The Hall–Kier alpha value is -2.52. The summed E-state index contributed by atoms with van der Waals surface area (Å²) in [5.74, 6) is -0.652. The summed E-state index contributed by atoms with van der Waals surface area (Å²) in [6.45, 7) is -1.26. The molecular formula is C22H30N2O6. The van der Waals surface area contributed by atoms with Gasteiger partial charge in [0.25, 0.3) is 0 Å². The number of amides is 2. The molecule has 0 saturated carbocycles. The Morgan fingerprint density at radius 3 is 1.73 bits per heavy atom. The number of aliphatic hydroxyl groups excluding tert-OH is 4. The Balaban J connectivity index is 2.15. The van der Waals surface area contributed by atoms with E-state index >= 15 is 0 Å². The van der Waals surface area contributed by atoms with Crippen LogP contribution in [0.4, 0.5) is 0 Å². The van der Waals surface area contributed by atoms with E-state index in [-0.39, 0.29) is 37.7 Å². The molecule has 2 atom stereocenters. The summed E-state index contributed by atoms with van der Waals surface area (Å²) < 4.78 is 0. The van der Waals surface area contributed by atoms with Crippen molar-refractivity contribution >= 4 is 22.6 Å². The van der Waals surface area contributed by atoms with Gasteiger partial charge in [0.15, 0.2) is 0 Å². The van der Waals surface area contributed by atoms with Crippen LogP contribution < -0.4 is 5.73 Å². The van der Waals surface area contributed by atoms with Crippen LogP contribution in [0.25, 0.3) is 10.8 Å². The lowest BCUT2D eigenvalue weighted by molar-refractivity contribution is -0.135. The molecular weight excluding hydrogens is 388 g/mol. The van der Waals surface area contributed by atoms with Crippen LogP contribution >= 0.6 is 0 Å². The fourth-order valence-electron chi connectivity index (χ4n) is 3.42. The summed E-state index contributed by atoms with van der Waals surface area (Å²) in [6.07, 6.45) is -0.856. The van der Waals surface area contributed by atoms with E-state index in [0.717, 1.165) is 21.9 Å². The van der Waals surface area contributed by atoms with Gasteiger partial charge in [-0.05, 0) is 34.7 Å². The minimum Gasteiger partial charge on any atom is -0.394 e. The van der Waals surface area contributed by atoms with Gasteiger partial charge >= 0.3 is 0 Å². The van der Waals surface area contributed by atoms with Crippen molar-refractivity contribution in [2.75, 3.05) is 26.3 Å². The predicted molar refractivity (Wildman–Crippen MR) is 113 cm³/mol. The number of aryl methyl sites for hydroxylation is 2. The summed E-state index contributed by atoms with van der Waals surface area (Å²) in [7, 11) is 0. The van der Waals surface area contributed by atoms with Crippen LogP contribution in [0.3, 0.4) is 0 Å². The van der Waals surface area contributed by atoms with Crippen LogP contribution in [0.15, 0.2) is 36.4 Å². The first kappa shape index (κ1) is 23.8. The van der Waals surface area contributed by atoms with Crippen molar-refractivity contribution in [3.05, 3.63) is 47.5 Å². The highest BCUT2D eigenvalue weighted by Crippen LogP contribution is 2.25. The number of nitrogens with two attached hydrogens (primary N) is 1. The third kappa shape index (κ3) is 6.77. The van der Waals surface area contributed by atoms with Gasteiger partial charge in [0, 0.05) is 25.9 Å². The summed E-state index contributed by atoms with van der Waals surface area (Å²) >= 11 is 0. The standard InChI is InChI=1S/C22H30N2O6/c23-21(29)9-7-15-5-6-16(20-4-2-1-3-19(15)20)8-10-22(30)24(11-17(27)13-25)12-18(28)14-26/h1-6,17-18,25-28H,7-14H2,(H2,23,29). The number of nitrogens with zero attached hydrogens (tertiary/aromatic N) is 1. The van der Waals surface area contributed by atoms with Gasteiger partial charge in [-0.15, -0.1) is 0 Å². The number of hydrogen-bond donors (Lipinski definition) is 5. The van der Waals surface area contributed by atoms with Gasteiger partial charge in [0.2, 0.25) is 11.8 Å². The molecule has 2 unspecified atom stereocenters. The highest BCUT2D eigenvalue weighted by atomic mass is 16.3. The highest BCUT2D eigenvalue weighted by molar-refractivity contribution is 5.89. The first-order chi connectivity index (χ1) is 14.3. The molecule has 0 spiro atoms. The van der Waals surface area contributed by atoms with E-state index in [2.05, 4.69) is 0 Å². The Morgan fingerprint density at radius 1 is 0.833 bits per heavy atom. The van der Waals surface area contributed by atoms with Crippen molar-refractivity contribution < 1.29 is 30.0 Å². The number of carbonyl (C=O) groups excluding carboxylic acids is 2. The molecule has 0 aromatic heterocycles. The average molecular weight is 418 g/mol. The molecule has 2 rings (SSSR count). The predicted octanol–water partition coefficient (Wildman–Crippen LogP) is -0.275. The molecule has 0 fully saturated rings. The van der Waals surface area contributed by atoms with Crippen molar-refractivity contribution in [3.63, 3.8) is 0 Å². The van der Waals surface area contributed by atoms with E-state index in [4.69, 9.17) is 15.9 Å². The minimum absolute atomic E-state index is 0.126. The van der Waals surface area contributed by atoms with Crippen LogP contribution in [0, 0.1) is 0 Å². The van der Waals surface area contributed by atoms with Gasteiger partial charge in [0.1, 0.15) is 0 Å². The molecule has 0 heterocycles. The van der Waals surface area contributed by atoms with Crippen molar-refractivity contribution in [2.24, 2.45) is 5.73 Å². The second kappa shape index (κ2) is 11.6.